The molecule has 9 heavy (non-hydrogen) atoms. The number of hydrogen-bond acceptors (Lipinski definition) is 3. The second-order valence-electron chi connectivity index (χ2n) is 1.05. The predicted molar refractivity (Wildman–Crippen MR) is 29.8 cm³/mol. The van der Waals surface area contributed by atoms with Crippen LogP contribution in [0.3, 0.4) is 0 Å². The lowest BCUT2D eigenvalue weighted by Gasteiger charge is -2.02. The standard InChI is InChI=1S/C2H6ClO5P/c3-1-7-2-8-9(4,5)6/h1-2H2,(H2,4,5,6). The maximum atomic E-state index is 9.86. The summed E-state index contributed by atoms with van der Waals surface area (Å²) in [6.07, 6.45) is 0. The molecule has 0 aliphatic rings. The molecule has 0 aromatic carbocycles. The van der Waals surface area contributed by atoms with Gasteiger partial charge in [-0.3, -0.25) is 4.52 Å². The zero-order valence-electron chi connectivity index (χ0n) is 4.36. The average Bonchev–Trinajstić information content (AvgIpc) is 1.63. The van der Waals surface area contributed by atoms with E-state index < -0.39 is 14.6 Å². The van der Waals surface area contributed by atoms with E-state index in [-0.39, 0.29) is 6.07 Å². The highest BCUT2D eigenvalue weighted by atomic mass is 35.5. The van der Waals surface area contributed by atoms with Gasteiger partial charge in [0.25, 0.3) is 0 Å². The molecule has 0 amide bonds. The van der Waals surface area contributed by atoms with Crippen molar-refractivity contribution in [1.29, 1.82) is 0 Å². The summed E-state index contributed by atoms with van der Waals surface area (Å²) in [7, 11) is -4.38. The average molecular weight is 176 g/mol. The van der Waals surface area contributed by atoms with Crippen LogP contribution in [0.4, 0.5) is 0 Å². The highest BCUT2D eigenvalue weighted by molar-refractivity contribution is 7.46. The minimum atomic E-state index is -4.38. The molecular formula is C2H6ClO5P. The van der Waals surface area contributed by atoms with Gasteiger partial charge in [0.2, 0.25) is 0 Å². The SMILES string of the molecule is O=P(O)(O)OCOCCl. The molecule has 0 aliphatic carbocycles. The first-order valence-electron chi connectivity index (χ1n) is 1.90. The van der Waals surface area contributed by atoms with Gasteiger partial charge in [-0.05, 0) is 0 Å². The molecule has 0 fully saturated rings. The fourth-order valence-corrected chi connectivity index (χ4v) is 0.412. The van der Waals surface area contributed by atoms with E-state index in [1.807, 2.05) is 0 Å². The Labute approximate surface area is 56.8 Å². The van der Waals surface area contributed by atoms with E-state index in [1.165, 1.54) is 0 Å². The van der Waals surface area contributed by atoms with Crippen molar-refractivity contribution in [3.63, 3.8) is 0 Å². The fourth-order valence-electron chi connectivity index (χ4n) is 0.137. The van der Waals surface area contributed by atoms with Crippen molar-refractivity contribution in [3.8, 4) is 0 Å². The molecule has 0 rings (SSSR count). The minimum Gasteiger partial charge on any atom is -0.339 e. The molecular weight excluding hydrogens is 170 g/mol. The molecule has 0 saturated heterocycles. The van der Waals surface area contributed by atoms with Gasteiger partial charge in [0.15, 0.2) is 6.79 Å². The van der Waals surface area contributed by atoms with Crippen molar-refractivity contribution >= 4 is 19.4 Å². The second kappa shape index (κ2) is 4.22. The van der Waals surface area contributed by atoms with Gasteiger partial charge < -0.3 is 14.5 Å². The molecule has 2 N–H and O–H groups in total. The third-order valence-corrected chi connectivity index (χ3v) is 0.977. The molecule has 0 saturated carbocycles. The van der Waals surface area contributed by atoms with Crippen molar-refractivity contribution in [2.24, 2.45) is 0 Å². The first-order valence-corrected chi connectivity index (χ1v) is 3.96. The number of rotatable bonds is 4. The quantitative estimate of drug-likeness (QED) is 0.278. The van der Waals surface area contributed by atoms with Gasteiger partial charge in [0, 0.05) is 0 Å². The second-order valence-corrected chi connectivity index (χ2v) is 2.51. The van der Waals surface area contributed by atoms with Crippen molar-refractivity contribution < 1.29 is 23.6 Å². The van der Waals surface area contributed by atoms with E-state index >= 15 is 0 Å². The van der Waals surface area contributed by atoms with Crippen LogP contribution >= 0.6 is 19.4 Å². The lowest BCUT2D eigenvalue weighted by molar-refractivity contribution is 0.0192. The summed E-state index contributed by atoms with van der Waals surface area (Å²) in [6, 6.07) is -0.153. The first-order chi connectivity index (χ1) is 4.06. The third kappa shape index (κ3) is 8.36. The lowest BCUT2D eigenvalue weighted by Crippen LogP contribution is -1.95. The van der Waals surface area contributed by atoms with Gasteiger partial charge in [0.05, 0.1) is 0 Å². The summed E-state index contributed by atoms with van der Waals surface area (Å²) in [4.78, 5) is 16.0. The van der Waals surface area contributed by atoms with Crippen LogP contribution in [0.5, 0.6) is 0 Å². The van der Waals surface area contributed by atoms with Gasteiger partial charge in [-0.1, -0.05) is 11.6 Å². The zero-order chi connectivity index (χ0) is 7.33. The van der Waals surface area contributed by atoms with Crippen LogP contribution in [0.25, 0.3) is 0 Å². The monoisotopic (exact) mass is 176 g/mol. The number of hydrogen-bond donors (Lipinski definition) is 2. The van der Waals surface area contributed by atoms with Gasteiger partial charge in [0.1, 0.15) is 6.07 Å². The van der Waals surface area contributed by atoms with Crippen molar-refractivity contribution in [3.05, 3.63) is 0 Å². The van der Waals surface area contributed by atoms with Crippen molar-refractivity contribution in [2.45, 2.75) is 0 Å². The molecule has 56 valence electrons. The highest BCUT2D eigenvalue weighted by Crippen LogP contribution is 2.35. The molecule has 0 spiro atoms. The van der Waals surface area contributed by atoms with Crippen LogP contribution in [0.2, 0.25) is 0 Å². The first kappa shape index (κ1) is 9.36. The summed E-state index contributed by atoms with van der Waals surface area (Å²) in [5, 5.41) is 0. The molecule has 5 nitrogen and oxygen atoms in total. The molecule has 0 aromatic heterocycles. The Morgan fingerprint density at radius 1 is 1.56 bits per heavy atom. The van der Waals surface area contributed by atoms with E-state index in [1.54, 1.807) is 0 Å². The molecule has 0 bridgehead atoms. The topological polar surface area (TPSA) is 76.0 Å². The molecule has 0 heterocycles. The molecule has 7 heteroatoms. The normalized spacial score (nSPS) is 11.9. The van der Waals surface area contributed by atoms with Crippen LogP contribution in [-0.2, 0) is 13.8 Å². The maximum absolute atomic E-state index is 9.86. The summed E-state index contributed by atoms with van der Waals surface area (Å²) in [6.45, 7) is -0.492. The van der Waals surface area contributed by atoms with E-state index in [0.29, 0.717) is 0 Å². The fraction of sp³-hybridized carbons (Fsp3) is 1.00. The zero-order valence-corrected chi connectivity index (χ0v) is 6.01. The molecule has 0 unspecified atom stereocenters. The van der Waals surface area contributed by atoms with Crippen LogP contribution < -0.4 is 0 Å². The van der Waals surface area contributed by atoms with E-state index in [4.69, 9.17) is 21.4 Å². The van der Waals surface area contributed by atoms with Crippen molar-refractivity contribution in [1.82, 2.24) is 0 Å². The van der Waals surface area contributed by atoms with E-state index in [2.05, 4.69) is 9.26 Å². The Morgan fingerprint density at radius 2 is 2.11 bits per heavy atom. The number of ether oxygens (including phenoxy) is 1. The summed E-state index contributed by atoms with van der Waals surface area (Å²) < 4.78 is 17.9. The minimum absolute atomic E-state index is 0.153. The number of alkyl halides is 1. The Morgan fingerprint density at radius 3 is 2.44 bits per heavy atom. The van der Waals surface area contributed by atoms with Crippen LogP contribution in [0, 0.1) is 0 Å². The van der Waals surface area contributed by atoms with Crippen LogP contribution in [0.15, 0.2) is 0 Å². The van der Waals surface area contributed by atoms with Crippen LogP contribution in [-0.4, -0.2) is 22.6 Å². The van der Waals surface area contributed by atoms with Gasteiger partial charge in [-0.25, -0.2) is 4.57 Å². The third-order valence-electron chi connectivity index (χ3n) is 0.381. The summed E-state index contributed by atoms with van der Waals surface area (Å²) in [5.74, 6) is 0. The van der Waals surface area contributed by atoms with Gasteiger partial charge in [-0.15, -0.1) is 0 Å². The van der Waals surface area contributed by atoms with Gasteiger partial charge >= 0.3 is 7.82 Å². The highest BCUT2D eigenvalue weighted by Gasteiger charge is 2.12. The lowest BCUT2D eigenvalue weighted by atomic mass is 11.4. The largest absolute Gasteiger partial charge is 0.471 e. The summed E-state index contributed by atoms with van der Waals surface area (Å²) in [5.41, 5.74) is 0. The van der Waals surface area contributed by atoms with E-state index in [9.17, 15) is 4.57 Å². The molecule has 0 radical (unpaired) electrons. The Bertz CT molecular complexity index is 110. The van der Waals surface area contributed by atoms with E-state index in [0.717, 1.165) is 0 Å². The summed E-state index contributed by atoms with van der Waals surface area (Å²) >= 11 is 4.98. The molecule has 0 aliphatic heterocycles. The molecule has 0 atom stereocenters. The maximum Gasteiger partial charge on any atom is 0.471 e. The predicted octanol–water partition coefficient (Wildman–Crippen LogP) is 0.266. The Kier molecular flexibility index (Phi) is 4.39. The Hall–Kier alpha value is 0.360. The number of halogens is 1. The van der Waals surface area contributed by atoms with Crippen molar-refractivity contribution in [2.75, 3.05) is 12.9 Å². The number of phosphoric acid groups is 1. The number of phosphoric ester groups is 1. The van der Waals surface area contributed by atoms with Gasteiger partial charge in [-0.2, -0.15) is 0 Å². The Balaban J connectivity index is 3.18. The van der Waals surface area contributed by atoms with Crippen LogP contribution in [0.1, 0.15) is 0 Å². The molecule has 0 aromatic rings. The smallest absolute Gasteiger partial charge is 0.339 e.